The van der Waals surface area contributed by atoms with Crippen LogP contribution in [-0.2, 0) is 11.3 Å². The minimum atomic E-state index is -1.63. The van der Waals surface area contributed by atoms with Crippen molar-refractivity contribution in [1.82, 2.24) is 5.32 Å². The van der Waals surface area contributed by atoms with E-state index in [-0.39, 0.29) is 6.54 Å². The van der Waals surface area contributed by atoms with Gasteiger partial charge in [-0.1, -0.05) is 30.3 Å². The molecule has 0 aliphatic carbocycles. The van der Waals surface area contributed by atoms with Crippen LogP contribution in [0.25, 0.3) is 0 Å². The second kappa shape index (κ2) is 6.34. The molecule has 1 aromatic carbocycles. The topological polar surface area (TPSA) is 89.8 Å². The van der Waals surface area contributed by atoms with Crippen LogP contribution in [0.3, 0.4) is 0 Å². The van der Waals surface area contributed by atoms with Gasteiger partial charge < -0.3 is 20.6 Å². The Bertz CT molecular complexity index is 353. The molecule has 5 heteroatoms. The van der Waals surface area contributed by atoms with Crippen molar-refractivity contribution in [2.45, 2.75) is 31.8 Å². The van der Waals surface area contributed by atoms with Gasteiger partial charge in [0.1, 0.15) is 6.10 Å². The van der Waals surface area contributed by atoms with Crippen molar-refractivity contribution in [2.24, 2.45) is 0 Å². The van der Waals surface area contributed by atoms with Crippen molar-refractivity contribution in [2.75, 3.05) is 0 Å². The normalized spacial score (nSPS) is 16.0. The number of rotatable bonds is 5. The fraction of sp³-hybridized carbons (Fsp3) is 0.417. The molecule has 0 radical (unpaired) electrons. The smallest absolute Gasteiger partial charge is 0.251 e. The van der Waals surface area contributed by atoms with Crippen LogP contribution in [0.15, 0.2) is 30.3 Å². The van der Waals surface area contributed by atoms with Crippen molar-refractivity contribution in [1.29, 1.82) is 0 Å². The Kier molecular flexibility index (Phi) is 5.09. The van der Waals surface area contributed by atoms with Crippen LogP contribution >= 0.6 is 0 Å². The molecule has 1 aromatic rings. The first-order chi connectivity index (χ1) is 8.02. The summed E-state index contributed by atoms with van der Waals surface area (Å²) in [6.07, 6.45) is -4.27. The third-order valence-corrected chi connectivity index (χ3v) is 2.40. The summed E-state index contributed by atoms with van der Waals surface area (Å²) in [6, 6.07) is 9.19. The van der Waals surface area contributed by atoms with Crippen molar-refractivity contribution in [3.8, 4) is 0 Å². The molecule has 4 N–H and O–H groups in total. The molecule has 94 valence electrons. The van der Waals surface area contributed by atoms with Crippen LogP contribution in [0, 0.1) is 0 Å². The Morgan fingerprint density at radius 2 is 1.82 bits per heavy atom. The predicted octanol–water partition coefficient (Wildman–Crippen LogP) is -0.595. The molecule has 0 saturated heterocycles. The van der Waals surface area contributed by atoms with Crippen LogP contribution < -0.4 is 5.32 Å². The van der Waals surface area contributed by atoms with Gasteiger partial charge in [-0.3, -0.25) is 4.79 Å². The summed E-state index contributed by atoms with van der Waals surface area (Å²) in [5.74, 6) is -0.706. The Morgan fingerprint density at radius 1 is 1.24 bits per heavy atom. The van der Waals surface area contributed by atoms with E-state index in [4.69, 9.17) is 5.11 Å². The van der Waals surface area contributed by atoms with Crippen LogP contribution in [0.4, 0.5) is 0 Å². The van der Waals surface area contributed by atoms with Gasteiger partial charge in [0.25, 0.3) is 5.91 Å². The molecule has 0 fully saturated rings. The fourth-order valence-electron chi connectivity index (χ4n) is 1.31. The summed E-state index contributed by atoms with van der Waals surface area (Å²) < 4.78 is 0. The van der Waals surface area contributed by atoms with Crippen molar-refractivity contribution < 1.29 is 20.1 Å². The maximum absolute atomic E-state index is 11.4. The molecule has 0 saturated carbocycles. The highest BCUT2D eigenvalue weighted by atomic mass is 16.4. The van der Waals surface area contributed by atoms with E-state index in [1.54, 1.807) is 0 Å². The van der Waals surface area contributed by atoms with Gasteiger partial charge in [0.2, 0.25) is 0 Å². The maximum Gasteiger partial charge on any atom is 0.251 e. The number of aliphatic hydroxyl groups excluding tert-OH is 3. The van der Waals surface area contributed by atoms with E-state index < -0.39 is 24.2 Å². The first-order valence-electron chi connectivity index (χ1n) is 5.38. The predicted molar refractivity (Wildman–Crippen MR) is 62.0 cm³/mol. The van der Waals surface area contributed by atoms with E-state index in [9.17, 15) is 15.0 Å². The number of nitrogens with one attached hydrogen (secondary N) is 1. The summed E-state index contributed by atoms with van der Waals surface area (Å²) in [4.78, 5) is 11.4. The SMILES string of the molecule is C[C@H](O)[C@H](O)[C@@H](O)C(=O)NCc1ccccc1. The Hall–Kier alpha value is -1.43. The molecule has 1 rings (SSSR count). The molecule has 0 bridgehead atoms. The molecule has 0 spiro atoms. The molecule has 3 atom stereocenters. The Labute approximate surface area is 99.7 Å². The average molecular weight is 239 g/mol. The lowest BCUT2D eigenvalue weighted by molar-refractivity contribution is -0.140. The van der Waals surface area contributed by atoms with Gasteiger partial charge in [0.05, 0.1) is 6.10 Å². The van der Waals surface area contributed by atoms with Gasteiger partial charge in [0, 0.05) is 6.54 Å². The molecule has 0 aliphatic rings. The lowest BCUT2D eigenvalue weighted by Gasteiger charge is -2.19. The molecule has 0 aromatic heterocycles. The first kappa shape index (κ1) is 13.6. The zero-order chi connectivity index (χ0) is 12.8. The van der Waals surface area contributed by atoms with E-state index >= 15 is 0 Å². The van der Waals surface area contributed by atoms with E-state index in [2.05, 4.69) is 5.32 Å². The van der Waals surface area contributed by atoms with Gasteiger partial charge in [0.15, 0.2) is 6.10 Å². The minimum absolute atomic E-state index is 0.267. The van der Waals surface area contributed by atoms with Gasteiger partial charge in [-0.05, 0) is 12.5 Å². The Morgan fingerprint density at radius 3 is 2.35 bits per heavy atom. The summed E-state index contributed by atoms with van der Waals surface area (Å²) in [5, 5.41) is 30.2. The summed E-state index contributed by atoms with van der Waals surface area (Å²) in [7, 11) is 0. The van der Waals surface area contributed by atoms with Gasteiger partial charge in [-0.25, -0.2) is 0 Å². The van der Waals surface area contributed by atoms with Gasteiger partial charge in [-0.2, -0.15) is 0 Å². The number of aliphatic hydroxyl groups is 3. The molecule has 5 nitrogen and oxygen atoms in total. The van der Waals surface area contributed by atoms with E-state index in [0.29, 0.717) is 0 Å². The monoisotopic (exact) mass is 239 g/mol. The summed E-state index contributed by atoms with van der Waals surface area (Å²) in [5.41, 5.74) is 0.889. The van der Waals surface area contributed by atoms with E-state index in [0.717, 1.165) is 5.56 Å². The highest BCUT2D eigenvalue weighted by Crippen LogP contribution is 2.01. The molecule has 1 amide bonds. The van der Waals surface area contributed by atoms with Crippen molar-refractivity contribution >= 4 is 5.91 Å². The zero-order valence-corrected chi connectivity index (χ0v) is 9.58. The van der Waals surface area contributed by atoms with Gasteiger partial charge in [-0.15, -0.1) is 0 Å². The fourth-order valence-corrected chi connectivity index (χ4v) is 1.31. The second-order valence-corrected chi connectivity index (χ2v) is 3.88. The first-order valence-corrected chi connectivity index (χ1v) is 5.38. The molecular weight excluding hydrogens is 222 g/mol. The second-order valence-electron chi connectivity index (χ2n) is 3.88. The van der Waals surface area contributed by atoms with Crippen molar-refractivity contribution in [3.05, 3.63) is 35.9 Å². The standard InChI is InChI=1S/C12H17NO4/c1-8(14)10(15)11(16)12(17)13-7-9-5-3-2-4-6-9/h2-6,8,10-11,14-16H,7H2,1H3,(H,13,17)/t8-,10-,11+/m0/s1. The highest BCUT2D eigenvalue weighted by molar-refractivity contribution is 5.81. The zero-order valence-electron chi connectivity index (χ0n) is 9.58. The third kappa shape index (κ3) is 4.14. The lowest BCUT2D eigenvalue weighted by atomic mass is 10.1. The molecule has 0 unspecified atom stereocenters. The van der Waals surface area contributed by atoms with E-state index in [1.807, 2.05) is 30.3 Å². The largest absolute Gasteiger partial charge is 0.391 e. The van der Waals surface area contributed by atoms with Crippen molar-refractivity contribution in [3.63, 3.8) is 0 Å². The third-order valence-electron chi connectivity index (χ3n) is 2.40. The lowest BCUT2D eigenvalue weighted by Crippen LogP contribution is -2.46. The summed E-state index contributed by atoms with van der Waals surface area (Å²) >= 11 is 0. The van der Waals surface area contributed by atoms with Crippen LogP contribution in [0.2, 0.25) is 0 Å². The quantitative estimate of drug-likeness (QED) is 0.552. The van der Waals surface area contributed by atoms with E-state index in [1.165, 1.54) is 6.92 Å². The molecule has 0 aliphatic heterocycles. The molecule has 17 heavy (non-hydrogen) atoms. The minimum Gasteiger partial charge on any atom is -0.391 e. The molecular formula is C12H17NO4. The van der Waals surface area contributed by atoms with Crippen LogP contribution in [-0.4, -0.2) is 39.5 Å². The summed E-state index contributed by atoms with van der Waals surface area (Å²) in [6.45, 7) is 1.57. The number of hydrogen-bond donors (Lipinski definition) is 4. The number of benzene rings is 1. The Balaban J connectivity index is 2.45. The average Bonchev–Trinajstić information content (AvgIpc) is 2.35. The maximum atomic E-state index is 11.4. The number of hydrogen-bond acceptors (Lipinski definition) is 4. The molecule has 0 heterocycles. The highest BCUT2D eigenvalue weighted by Gasteiger charge is 2.27. The number of amides is 1. The van der Waals surface area contributed by atoms with Crippen LogP contribution in [0.1, 0.15) is 12.5 Å². The number of carbonyl (C=O) groups excluding carboxylic acids is 1. The number of carbonyl (C=O) groups is 1. The van der Waals surface area contributed by atoms with Crippen LogP contribution in [0.5, 0.6) is 0 Å². The van der Waals surface area contributed by atoms with Gasteiger partial charge >= 0.3 is 0 Å².